The summed E-state index contributed by atoms with van der Waals surface area (Å²) in [5.74, 6) is 0.965. The number of ether oxygens (including phenoxy) is 2. The Balaban J connectivity index is 1.82. The van der Waals surface area contributed by atoms with E-state index in [1.165, 1.54) is 5.69 Å². The third-order valence-electron chi connectivity index (χ3n) is 3.23. The average Bonchev–Trinajstić information content (AvgIpc) is 2.39. The van der Waals surface area contributed by atoms with Gasteiger partial charge in [0.2, 0.25) is 0 Å². The zero-order valence-electron chi connectivity index (χ0n) is 10.1. The molecule has 0 radical (unpaired) electrons. The van der Waals surface area contributed by atoms with Crippen molar-refractivity contribution in [1.82, 2.24) is 0 Å². The molecule has 1 unspecified atom stereocenters. The Labute approximate surface area is 102 Å². The molecule has 1 fully saturated rings. The Bertz CT molecular complexity index is 402. The molecule has 0 aliphatic carbocycles. The zero-order valence-corrected chi connectivity index (χ0v) is 10.1. The molecule has 0 spiro atoms. The molecule has 1 aromatic carbocycles. The topological polar surface area (TPSA) is 33.7 Å². The fourth-order valence-electron chi connectivity index (χ4n) is 2.29. The van der Waals surface area contributed by atoms with Crippen molar-refractivity contribution in [3.05, 3.63) is 18.2 Å². The van der Waals surface area contributed by atoms with Crippen molar-refractivity contribution < 1.29 is 9.47 Å². The van der Waals surface area contributed by atoms with Crippen LogP contribution in [0.1, 0.15) is 6.92 Å². The highest BCUT2D eigenvalue weighted by Gasteiger charge is 2.18. The molecule has 0 bridgehead atoms. The lowest BCUT2D eigenvalue weighted by atomic mass is 10.2. The number of nitrogens with one attached hydrogen (secondary N) is 1. The van der Waals surface area contributed by atoms with E-state index in [1.807, 2.05) is 0 Å². The van der Waals surface area contributed by atoms with Gasteiger partial charge in [-0.15, -0.1) is 0 Å². The van der Waals surface area contributed by atoms with Crippen molar-refractivity contribution in [1.29, 1.82) is 0 Å². The molecule has 0 aromatic heterocycles. The maximum absolute atomic E-state index is 5.75. The molecule has 1 atom stereocenters. The second-order valence-corrected chi connectivity index (χ2v) is 4.64. The lowest BCUT2D eigenvalue weighted by molar-refractivity contribution is 0.122. The smallest absolute Gasteiger partial charge is 0.144 e. The summed E-state index contributed by atoms with van der Waals surface area (Å²) in [7, 11) is 0. The predicted molar refractivity (Wildman–Crippen MR) is 68.1 cm³/mol. The summed E-state index contributed by atoms with van der Waals surface area (Å²) < 4.78 is 11.1. The van der Waals surface area contributed by atoms with E-state index in [1.54, 1.807) is 0 Å². The minimum absolute atomic E-state index is 0.386. The van der Waals surface area contributed by atoms with Gasteiger partial charge >= 0.3 is 0 Å². The second-order valence-electron chi connectivity index (χ2n) is 4.64. The molecule has 0 saturated carbocycles. The van der Waals surface area contributed by atoms with Crippen LogP contribution in [0.25, 0.3) is 0 Å². The first kappa shape index (κ1) is 10.7. The third kappa shape index (κ3) is 2.17. The zero-order chi connectivity index (χ0) is 11.7. The normalized spacial score (nSPS) is 23.6. The SMILES string of the molecule is CC1COc2cc(N3CCOCC3)ccc2N1. The number of fused-ring (bicyclic) bond motifs is 1. The highest BCUT2D eigenvalue weighted by Crippen LogP contribution is 2.33. The van der Waals surface area contributed by atoms with Crippen LogP contribution in [0.5, 0.6) is 5.75 Å². The molecule has 2 aliphatic rings. The van der Waals surface area contributed by atoms with Crippen LogP contribution in [0, 0.1) is 0 Å². The number of nitrogens with zero attached hydrogens (tertiary/aromatic N) is 1. The third-order valence-corrected chi connectivity index (χ3v) is 3.23. The van der Waals surface area contributed by atoms with Crippen molar-refractivity contribution in [2.45, 2.75) is 13.0 Å². The molecule has 1 N–H and O–H groups in total. The summed E-state index contributed by atoms with van der Waals surface area (Å²) in [6.45, 7) is 6.41. The molecule has 3 rings (SSSR count). The molecule has 4 nitrogen and oxygen atoms in total. The van der Waals surface area contributed by atoms with Crippen LogP contribution < -0.4 is 15.0 Å². The van der Waals surface area contributed by atoms with Gasteiger partial charge in [0.1, 0.15) is 12.4 Å². The van der Waals surface area contributed by atoms with Crippen LogP contribution >= 0.6 is 0 Å². The molecular weight excluding hydrogens is 216 g/mol. The number of anilines is 2. The molecule has 17 heavy (non-hydrogen) atoms. The van der Waals surface area contributed by atoms with E-state index in [-0.39, 0.29) is 0 Å². The predicted octanol–water partition coefficient (Wildman–Crippen LogP) is 1.72. The second kappa shape index (κ2) is 4.45. The van der Waals surface area contributed by atoms with Gasteiger partial charge in [-0.2, -0.15) is 0 Å². The Morgan fingerprint density at radius 3 is 2.94 bits per heavy atom. The summed E-state index contributed by atoms with van der Waals surface area (Å²) in [6.07, 6.45) is 0. The fraction of sp³-hybridized carbons (Fsp3) is 0.538. The van der Waals surface area contributed by atoms with Gasteiger partial charge in [-0.25, -0.2) is 0 Å². The van der Waals surface area contributed by atoms with E-state index >= 15 is 0 Å². The van der Waals surface area contributed by atoms with Gasteiger partial charge in [-0.1, -0.05) is 0 Å². The first-order valence-corrected chi connectivity index (χ1v) is 6.19. The number of hydrogen-bond acceptors (Lipinski definition) is 4. The Hall–Kier alpha value is -1.42. The first-order chi connectivity index (χ1) is 8.33. The van der Waals surface area contributed by atoms with E-state index in [2.05, 4.69) is 35.3 Å². The van der Waals surface area contributed by atoms with Crippen molar-refractivity contribution in [3.8, 4) is 5.75 Å². The van der Waals surface area contributed by atoms with E-state index in [0.29, 0.717) is 6.04 Å². The number of rotatable bonds is 1. The highest BCUT2D eigenvalue weighted by molar-refractivity contribution is 5.66. The lowest BCUT2D eigenvalue weighted by Crippen LogP contribution is -2.36. The minimum Gasteiger partial charge on any atom is -0.489 e. The Morgan fingerprint density at radius 1 is 1.29 bits per heavy atom. The summed E-state index contributed by atoms with van der Waals surface area (Å²) in [5.41, 5.74) is 2.32. The van der Waals surface area contributed by atoms with Crippen LogP contribution in [-0.4, -0.2) is 39.0 Å². The average molecular weight is 234 g/mol. The largest absolute Gasteiger partial charge is 0.489 e. The lowest BCUT2D eigenvalue weighted by Gasteiger charge is -2.31. The molecule has 1 saturated heterocycles. The standard InChI is InChI=1S/C13H18N2O2/c1-10-9-17-13-8-11(2-3-12(13)14-10)15-4-6-16-7-5-15/h2-3,8,10,14H,4-7,9H2,1H3. The van der Waals surface area contributed by atoms with Gasteiger partial charge in [0.25, 0.3) is 0 Å². The number of benzene rings is 1. The van der Waals surface area contributed by atoms with Crippen LogP contribution in [0.15, 0.2) is 18.2 Å². The summed E-state index contributed by atoms with van der Waals surface area (Å²) in [6, 6.07) is 6.77. The quantitative estimate of drug-likeness (QED) is 0.802. The molecule has 2 heterocycles. The van der Waals surface area contributed by atoms with Gasteiger partial charge < -0.3 is 19.7 Å². The maximum atomic E-state index is 5.75. The molecule has 0 amide bonds. The maximum Gasteiger partial charge on any atom is 0.144 e. The number of morpholine rings is 1. The highest BCUT2D eigenvalue weighted by atomic mass is 16.5. The minimum atomic E-state index is 0.386. The van der Waals surface area contributed by atoms with Crippen molar-refractivity contribution >= 4 is 11.4 Å². The van der Waals surface area contributed by atoms with Gasteiger partial charge in [-0.3, -0.25) is 0 Å². The molecule has 1 aromatic rings. The van der Waals surface area contributed by atoms with E-state index < -0.39 is 0 Å². The van der Waals surface area contributed by atoms with Crippen LogP contribution in [0.4, 0.5) is 11.4 Å². The van der Waals surface area contributed by atoms with Gasteiger partial charge in [-0.05, 0) is 19.1 Å². The Morgan fingerprint density at radius 2 is 2.12 bits per heavy atom. The van der Waals surface area contributed by atoms with Crippen molar-refractivity contribution in [2.24, 2.45) is 0 Å². The van der Waals surface area contributed by atoms with Gasteiger partial charge in [0, 0.05) is 24.8 Å². The summed E-state index contributed by atoms with van der Waals surface area (Å²) in [5, 5.41) is 3.42. The van der Waals surface area contributed by atoms with Crippen molar-refractivity contribution in [3.63, 3.8) is 0 Å². The van der Waals surface area contributed by atoms with Crippen LogP contribution in [0.3, 0.4) is 0 Å². The van der Waals surface area contributed by atoms with E-state index in [9.17, 15) is 0 Å². The van der Waals surface area contributed by atoms with Crippen molar-refractivity contribution in [2.75, 3.05) is 43.1 Å². The molecule has 92 valence electrons. The van der Waals surface area contributed by atoms with E-state index in [0.717, 1.165) is 44.3 Å². The number of hydrogen-bond donors (Lipinski definition) is 1. The Kier molecular flexibility index (Phi) is 2.81. The van der Waals surface area contributed by atoms with Gasteiger partial charge in [0.05, 0.1) is 24.9 Å². The van der Waals surface area contributed by atoms with E-state index in [4.69, 9.17) is 9.47 Å². The monoisotopic (exact) mass is 234 g/mol. The molecule has 4 heteroatoms. The van der Waals surface area contributed by atoms with Crippen LogP contribution in [0.2, 0.25) is 0 Å². The first-order valence-electron chi connectivity index (χ1n) is 6.19. The molecule has 2 aliphatic heterocycles. The summed E-state index contributed by atoms with van der Waals surface area (Å²) >= 11 is 0. The summed E-state index contributed by atoms with van der Waals surface area (Å²) in [4.78, 5) is 2.34. The fourth-order valence-corrected chi connectivity index (χ4v) is 2.29. The van der Waals surface area contributed by atoms with Crippen LogP contribution in [-0.2, 0) is 4.74 Å². The van der Waals surface area contributed by atoms with Gasteiger partial charge in [0.15, 0.2) is 0 Å². The molecular formula is C13H18N2O2.